The zero-order valence-electron chi connectivity index (χ0n) is 17.3. The van der Waals surface area contributed by atoms with Gasteiger partial charge in [-0.1, -0.05) is 18.0 Å². The molecule has 0 radical (unpaired) electrons. The van der Waals surface area contributed by atoms with Crippen molar-refractivity contribution in [2.24, 2.45) is 13.0 Å². The fraction of sp³-hybridized carbons (Fsp3) is 0.318. The molecule has 5 rings (SSSR count). The first-order valence-corrected chi connectivity index (χ1v) is 10.7. The number of nitrogens with one attached hydrogen (secondary N) is 2. The zero-order valence-corrected chi connectivity index (χ0v) is 18.1. The molecule has 1 amide bonds. The number of nitriles is 1. The Labute approximate surface area is 188 Å². The SMILES string of the molecule is Cn1nc(-c2cnc3[nH]cc(OC(=O)N[C@@H]4CCC[C@@H](C#N)C4)c3n2)c2ccc(Cl)cc21. The van der Waals surface area contributed by atoms with E-state index in [0.29, 0.717) is 34.0 Å². The number of carbonyl (C=O) groups excluding carboxylic acids is 1. The highest BCUT2D eigenvalue weighted by atomic mass is 35.5. The number of amides is 1. The minimum atomic E-state index is -0.570. The van der Waals surface area contributed by atoms with Crippen LogP contribution in [0, 0.1) is 17.2 Å². The Bertz CT molecular complexity index is 1370. The molecule has 162 valence electrons. The molecule has 4 aromatic rings. The molecule has 1 aliphatic carbocycles. The van der Waals surface area contributed by atoms with Gasteiger partial charge in [0.1, 0.15) is 11.4 Å². The standard InChI is InChI=1S/C22H20ClN7O2/c1-30-17-8-13(23)5-6-15(17)19(29-30)16-10-25-21-20(28-16)18(11-26-21)32-22(31)27-14-4-2-3-12(7-14)9-24/h5-6,8,10-12,14H,2-4,7H2,1H3,(H,25,26)(H,27,31)/t12-,14-/m1/s1. The van der Waals surface area contributed by atoms with Gasteiger partial charge in [0, 0.05) is 35.6 Å². The van der Waals surface area contributed by atoms with E-state index in [2.05, 4.69) is 31.4 Å². The van der Waals surface area contributed by atoms with Crippen LogP contribution < -0.4 is 10.1 Å². The molecule has 0 spiro atoms. The Morgan fingerprint density at radius 3 is 3.12 bits per heavy atom. The minimum Gasteiger partial charge on any atom is -0.406 e. The van der Waals surface area contributed by atoms with E-state index in [1.807, 2.05) is 19.2 Å². The van der Waals surface area contributed by atoms with Gasteiger partial charge in [-0.25, -0.2) is 14.8 Å². The highest BCUT2D eigenvalue weighted by Gasteiger charge is 2.24. The summed E-state index contributed by atoms with van der Waals surface area (Å²) in [5.74, 6) is 0.251. The molecule has 1 fully saturated rings. The van der Waals surface area contributed by atoms with E-state index in [9.17, 15) is 4.79 Å². The lowest BCUT2D eigenvalue weighted by Crippen LogP contribution is -2.39. The summed E-state index contributed by atoms with van der Waals surface area (Å²) < 4.78 is 7.27. The second-order valence-electron chi connectivity index (χ2n) is 7.96. The summed E-state index contributed by atoms with van der Waals surface area (Å²) in [6.45, 7) is 0. The second-order valence-corrected chi connectivity index (χ2v) is 8.40. The fourth-order valence-corrected chi connectivity index (χ4v) is 4.38. The molecule has 3 heterocycles. The lowest BCUT2D eigenvalue weighted by atomic mass is 9.87. The van der Waals surface area contributed by atoms with Gasteiger partial charge < -0.3 is 15.0 Å². The van der Waals surface area contributed by atoms with Gasteiger partial charge in [-0.15, -0.1) is 0 Å². The number of aryl methyl sites for hydroxylation is 1. The highest BCUT2D eigenvalue weighted by molar-refractivity contribution is 6.31. The van der Waals surface area contributed by atoms with Gasteiger partial charge in [-0.2, -0.15) is 10.4 Å². The molecule has 0 unspecified atom stereocenters. The summed E-state index contributed by atoms with van der Waals surface area (Å²) in [4.78, 5) is 24.5. The van der Waals surface area contributed by atoms with Crippen molar-refractivity contribution in [3.63, 3.8) is 0 Å². The summed E-state index contributed by atoms with van der Waals surface area (Å²) in [5.41, 5.74) is 3.03. The van der Waals surface area contributed by atoms with Gasteiger partial charge in [-0.3, -0.25) is 4.68 Å². The number of hydrogen-bond acceptors (Lipinski definition) is 6. The summed E-state index contributed by atoms with van der Waals surface area (Å²) in [6.07, 6.45) is 5.88. The van der Waals surface area contributed by atoms with Crippen LogP contribution in [0.1, 0.15) is 25.7 Å². The maximum Gasteiger partial charge on any atom is 0.412 e. The second kappa shape index (κ2) is 8.13. The van der Waals surface area contributed by atoms with E-state index in [1.165, 1.54) is 0 Å². The Balaban J connectivity index is 1.41. The lowest BCUT2D eigenvalue weighted by Gasteiger charge is -2.25. The first-order chi connectivity index (χ1) is 15.5. The molecule has 0 bridgehead atoms. The van der Waals surface area contributed by atoms with Gasteiger partial charge in [0.15, 0.2) is 16.9 Å². The van der Waals surface area contributed by atoms with Crippen molar-refractivity contribution < 1.29 is 9.53 Å². The Morgan fingerprint density at radius 2 is 2.28 bits per heavy atom. The molecule has 2 N–H and O–H groups in total. The molecule has 1 aliphatic rings. The average molecular weight is 450 g/mol. The summed E-state index contributed by atoms with van der Waals surface area (Å²) in [7, 11) is 1.84. The van der Waals surface area contributed by atoms with Gasteiger partial charge in [0.2, 0.25) is 0 Å². The van der Waals surface area contributed by atoms with Crippen LogP contribution >= 0.6 is 11.6 Å². The molecule has 0 saturated heterocycles. The van der Waals surface area contributed by atoms with Crippen LogP contribution in [0.25, 0.3) is 33.5 Å². The molecular weight excluding hydrogens is 430 g/mol. The number of benzene rings is 1. The minimum absolute atomic E-state index is 0.0290. The van der Waals surface area contributed by atoms with Gasteiger partial charge in [0.05, 0.1) is 17.8 Å². The number of aromatic amines is 1. The molecule has 3 aromatic heterocycles. The number of ether oxygens (including phenoxy) is 1. The smallest absolute Gasteiger partial charge is 0.406 e. The van der Waals surface area contributed by atoms with Gasteiger partial charge in [0.25, 0.3) is 0 Å². The monoisotopic (exact) mass is 449 g/mol. The third-order valence-electron chi connectivity index (χ3n) is 5.78. The Hall–Kier alpha value is -3.64. The van der Waals surface area contributed by atoms with E-state index in [1.54, 1.807) is 23.1 Å². The topological polar surface area (TPSA) is 122 Å². The molecule has 1 aromatic carbocycles. The average Bonchev–Trinajstić information content (AvgIpc) is 3.34. The van der Waals surface area contributed by atoms with Crippen LogP contribution in [0.3, 0.4) is 0 Å². The maximum atomic E-state index is 12.5. The van der Waals surface area contributed by atoms with Gasteiger partial charge >= 0.3 is 6.09 Å². The number of rotatable bonds is 3. The Morgan fingerprint density at radius 1 is 1.41 bits per heavy atom. The molecule has 10 heteroatoms. The number of nitrogens with zero attached hydrogens (tertiary/aromatic N) is 5. The van der Waals surface area contributed by atoms with Crippen LogP contribution in [0.5, 0.6) is 5.75 Å². The van der Waals surface area contributed by atoms with Crippen molar-refractivity contribution in [2.75, 3.05) is 0 Å². The van der Waals surface area contributed by atoms with Crippen molar-refractivity contribution in [2.45, 2.75) is 31.7 Å². The van der Waals surface area contributed by atoms with E-state index in [4.69, 9.17) is 21.6 Å². The summed E-state index contributed by atoms with van der Waals surface area (Å²) in [6, 6.07) is 7.76. The first-order valence-electron chi connectivity index (χ1n) is 10.4. The number of H-pyrrole nitrogens is 1. The van der Waals surface area contributed by atoms with E-state index in [-0.39, 0.29) is 17.7 Å². The number of aromatic nitrogens is 5. The Kier molecular flexibility index (Phi) is 5.15. The first kappa shape index (κ1) is 20.3. The van der Waals surface area contributed by atoms with Crippen molar-refractivity contribution >= 4 is 39.8 Å². The quantitative estimate of drug-likeness (QED) is 0.480. The predicted octanol–water partition coefficient (Wildman–Crippen LogP) is 4.34. The normalized spacial score (nSPS) is 18.5. The number of hydrogen-bond donors (Lipinski definition) is 2. The van der Waals surface area contributed by atoms with Crippen LogP contribution in [-0.2, 0) is 7.05 Å². The number of carbonyl (C=O) groups is 1. The van der Waals surface area contributed by atoms with Gasteiger partial charge in [-0.05, 0) is 37.5 Å². The van der Waals surface area contributed by atoms with Crippen LogP contribution in [0.2, 0.25) is 5.02 Å². The van der Waals surface area contributed by atoms with Crippen LogP contribution in [0.15, 0.2) is 30.6 Å². The lowest BCUT2D eigenvalue weighted by molar-refractivity contribution is 0.190. The fourth-order valence-electron chi connectivity index (χ4n) is 4.21. The van der Waals surface area contributed by atoms with Crippen molar-refractivity contribution in [3.05, 3.63) is 35.6 Å². The predicted molar refractivity (Wildman–Crippen MR) is 119 cm³/mol. The van der Waals surface area contributed by atoms with Crippen molar-refractivity contribution in [1.29, 1.82) is 5.26 Å². The van der Waals surface area contributed by atoms with E-state index >= 15 is 0 Å². The number of fused-ring (bicyclic) bond motifs is 2. The molecule has 9 nitrogen and oxygen atoms in total. The van der Waals surface area contributed by atoms with Crippen molar-refractivity contribution in [3.8, 4) is 23.2 Å². The summed E-state index contributed by atoms with van der Waals surface area (Å²) in [5, 5.41) is 18.1. The van der Waals surface area contributed by atoms with E-state index < -0.39 is 6.09 Å². The van der Waals surface area contributed by atoms with E-state index in [0.717, 1.165) is 30.2 Å². The molecule has 32 heavy (non-hydrogen) atoms. The number of halogens is 1. The van der Waals surface area contributed by atoms with Crippen LogP contribution in [-0.4, -0.2) is 36.9 Å². The third kappa shape index (κ3) is 3.74. The zero-order chi connectivity index (χ0) is 22.2. The highest BCUT2D eigenvalue weighted by Crippen LogP contribution is 2.31. The van der Waals surface area contributed by atoms with Crippen LogP contribution in [0.4, 0.5) is 4.79 Å². The maximum absolute atomic E-state index is 12.5. The largest absolute Gasteiger partial charge is 0.412 e. The molecule has 1 saturated carbocycles. The molecule has 2 atom stereocenters. The molecule has 0 aliphatic heterocycles. The third-order valence-corrected chi connectivity index (χ3v) is 6.02. The summed E-state index contributed by atoms with van der Waals surface area (Å²) >= 11 is 6.12. The molecular formula is C22H20ClN7O2. The van der Waals surface area contributed by atoms with Crippen molar-refractivity contribution in [1.82, 2.24) is 30.0 Å².